The molecule has 0 aliphatic rings. The van der Waals surface area contributed by atoms with Crippen molar-refractivity contribution >= 4 is 35.3 Å². The van der Waals surface area contributed by atoms with Gasteiger partial charge in [-0.25, -0.2) is 9.82 Å². The maximum atomic E-state index is 12.9. The predicted molar refractivity (Wildman–Crippen MR) is 113 cm³/mol. The first-order valence-corrected chi connectivity index (χ1v) is 9.25. The number of benzene rings is 3. The third-order valence-corrected chi connectivity index (χ3v) is 4.12. The van der Waals surface area contributed by atoms with Gasteiger partial charge in [0.25, 0.3) is 0 Å². The number of nitrogens with zero attached hydrogens (tertiary/aromatic N) is 1. The van der Waals surface area contributed by atoms with Crippen molar-refractivity contribution in [3.8, 4) is 5.75 Å². The van der Waals surface area contributed by atoms with E-state index >= 15 is 0 Å². The van der Waals surface area contributed by atoms with Crippen molar-refractivity contribution in [3.05, 3.63) is 94.8 Å². The maximum absolute atomic E-state index is 12.9. The topological polar surface area (TPSA) is 79.8 Å². The highest BCUT2D eigenvalue weighted by atomic mass is 35.5. The molecule has 152 valence electrons. The molecule has 0 atom stereocenters. The van der Waals surface area contributed by atoms with Gasteiger partial charge in [-0.15, -0.1) is 0 Å². The average molecular weight is 426 g/mol. The minimum absolute atomic E-state index is 0.297. The van der Waals surface area contributed by atoms with Gasteiger partial charge < -0.3 is 10.1 Å². The number of hydrogen-bond acceptors (Lipinski definition) is 4. The van der Waals surface area contributed by atoms with Gasteiger partial charge in [-0.3, -0.25) is 9.59 Å². The van der Waals surface area contributed by atoms with Crippen LogP contribution in [0.15, 0.2) is 77.9 Å². The molecule has 0 radical (unpaired) electrons. The van der Waals surface area contributed by atoms with Crippen molar-refractivity contribution in [3.63, 3.8) is 0 Å². The second-order valence-electron chi connectivity index (χ2n) is 6.15. The van der Waals surface area contributed by atoms with Crippen molar-refractivity contribution in [2.45, 2.75) is 6.61 Å². The summed E-state index contributed by atoms with van der Waals surface area (Å²) in [6.45, 7) is 0.373. The molecule has 3 aromatic rings. The van der Waals surface area contributed by atoms with Crippen LogP contribution in [0.2, 0.25) is 5.02 Å². The minimum atomic E-state index is -0.953. The van der Waals surface area contributed by atoms with Gasteiger partial charge in [0.1, 0.15) is 18.2 Å². The van der Waals surface area contributed by atoms with Crippen LogP contribution in [0.25, 0.3) is 0 Å². The van der Waals surface area contributed by atoms with E-state index in [2.05, 4.69) is 15.8 Å². The number of anilines is 1. The number of hydrogen-bond donors (Lipinski definition) is 2. The highest BCUT2D eigenvalue weighted by Gasteiger charge is 2.12. The van der Waals surface area contributed by atoms with Gasteiger partial charge in [0.15, 0.2) is 0 Å². The summed E-state index contributed by atoms with van der Waals surface area (Å²) >= 11 is 5.86. The lowest BCUT2D eigenvalue weighted by Crippen LogP contribution is -2.32. The Morgan fingerprint density at radius 2 is 1.73 bits per heavy atom. The molecule has 0 saturated carbocycles. The summed E-state index contributed by atoms with van der Waals surface area (Å²) in [5.41, 5.74) is 4.07. The second-order valence-corrected chi connectivity index (χ2v) is 6.58. The summed E-state index contributed by atoms with van der Waals surface area (Å²) < 4.78 is 18.6. The lowest BCUT2D eigenvalue weighted by Gasteiger charge is -2.07. The Kier molecular flexibility index (Phi) is 7.13. The van der Waals surface area contributed by atoms with Crippen LogP contribution in [0, 0.1) is 5.82 Å². The zero-order chi connectivity index (χ0) is 21.3. The third-order valence-electron chi connectivity index (χ3n) is 3.86. The lowest BCUT2D eigenvalue weighted by molar-refractivity contribution is -0.136. The van der Waals surface area contributed by atoms with E-state index in [-0.39, 0.29) is 0 Å². The first-order chi connectivity index (χ1) is 14.5. The van der Waals surface area contributed by atoms with Gasteiger partial charge in [0.2, 0.25) is 0 Å². The fourth-order valence-electron chi connectivity index (χ4n) is 2.37. The molecule has 0 aliphatic carbocycles. The van der Waals surface area contributed by atoms with E-state index < -0.39 is 17.6 Å². The number of rotatable bonds is 6. The smallest absolute Gasteiger partial charge is 0.329 e. The van der Waals surface area contributed by atoms with Crippen LogP contribution in [0.1, 0.15) is 11.1 Å². The fourth-order valence-corrected chi connectivity index (χ4v) is 2.50. The van der Waals surface area contributed by atoms with Crippen molar-refractivity contribution in [1.29, 1.82) is 0 Å². The number of hydrazone groups is 1. The van der Waals surface area contributed by atoms with Crippen LogP contribution < -0.4 is 15.5 Å². The molecule has 2 N–H and O–H groups in total. The SMILES string of the molecule is O=C(NN=Cc1cccc(OCc2ccc(Cl)cc2)c1)C(=O)Nc1ccc(F)cc1. The Balaban J connectivity index is 1.51. The van der Waals surface area contributed by atoms with Crippen molar-refractivity contribution in [1.82, 2.24) is 5.43 Å². The van der Waals surface area contributed by atoms with Crippen LogP contribution >= 0.6 is 11.6 Å². The Morgan fingerprint density at radius 1 is 1.00 bits per heavy atom. The number of halogens is 2. The molecule has 6 nitrogen and oxygen atoms in total. The molecule has 0 aliphatic heterocycles. The van der Waals surface area contributed by atoms with Crippen LogP contribution in [0.4, 0.5) is 10.1 Å². The first kappa shape index (κ1) is 21.0. The number of ether oxygens (including phenoxy) is 1. The highest BCUT2D eigenvalue weighted by molar-refractivity contribution is 6.39. The first-order valence-electron chi connectivity index (χ1n) is 8.87. The molecule has 0 bridgehead atoms. The van der Waals surface area contributed by atoms with Crippen LogP contribution in [-0.2, 0) is 16.2 Å². The summed E-state index contributed by atoms with van der Waals surface area (Å²) in [5.74, 6) is -1.69. The molecule has 0 heterocycles. The van der Waals surface area contributed by atoms with Crippen LogP contribution in [-0.4, -0.2) is 18.0 Å². The van der Waals surface area contributed by atoms with E-state index in [1.807, 2.05) is 12.1 Å². The van der Waals surface area contributed by atoms with Gasteiger partial charge in [0.05, 0.1) is 6.21 Å². The van der Waals surface area contributed by atoms with Gasteiger partial charge in [-0.1, -0.05) is 35.9 Å². The Bertz CT molecular complexity index is 1050. The Hall–Kier alpha value is -3.71. The van der Waals surface area contributed by atoms with Gasteiger partial charge >= 0.3 is 11.8 Å². The quantitative estimate of drug-likeness (QED) is 0.354. The summed E-state index contributed by atoms with van der Waals surface area (Å²) in [6, 6.07) is 19.5. The molecule has 30 heavy (non-hydrogen) atoms. The van der Waals surface area contributed by atoms with Crippen molar-refractivity contribution < 1.29 is 18.7 Å². The number of amides is 2. The Labute approximate surface area is 177 Å². The molecule has 3 rings (SSSR count). The standard InChI is InChI=1S/C22H17ClFN3O3/c23-17-6-4-15(5-7-17)14-30-20-3-1-2-16(12-20)13-25-27-22(29)21(28)26-19-10-8-18(24)9-11-19/h1-13H,14H2,(H,26,28)(H,27,29). The van der Waals surface area contributed by atoms with Gasteiger partial charge in [-0.05, 0) is 59.7 Å². The molecule has 2 amide bonds. The van der Waals surface area contributed by atoms with Crippen LogP contribution in [0.5, 0.6) is 5.75 Å². The van der Waals surface area contributed by atoms with Crippen molar-refractivity contribution in [2.24, 2.45) is 5.10 Å². The Morgan fingerprint density at radius 3 is 2.47 bits per heavy atom. The van der Waals surface area contributed by atoms with E-state index in [1.165, 1.54) is 30.5 Å². The molecule has 0 spiro atoms. The van der Waals surface area contributed by atoms with Crippen molar-refractivity contribution in [2.75, 3.05) is 5.32 Å². The zero-order valence-corrected chi connectivity index (χ0v) is 16.4. The molecular formula is C22H17ClFN3O3. The second kappa shape index (κ2) is 10.2. The summed E-state index contributed by atoms with van der Waals surface area (Å²) in [7, 11) is 0. The number of carbonyl (C=O) groups is 2. The fraction of sp³-hybridized carbons (Fsp3) is 0.0455. The molecule has 0 unspecified atom stereocenters. The highest BCUT2D eigenvalue weighted by Crippen LogP contribution is 2.16. The summed E-state index contributed by atoms with van der Waals surface area (Å²) in [4.78, 5) is 23.6. The summed E-state index contributed by atoms with van der Waals surface area (Å²) in [6.07, 6.45) is 1.39. The lowest BCUT2D eigenvalue weighted by atomic mass is 10.2. The number of carbonyl (C=O) groups excluding carboxylic acids is 2. The number of nitrogens with one attached hydrogen (secondary N) is 2. The largest absolute Gasteiger partial charge is 0.489 e. The molecule has 0 fully saturated rings. The molecular weight excluding hydrogens is 409 g/mol. The van der Waals surface area contributed by atoms with Crippen LogP contribution in [0.3, 0.4) is 0 Å². The average Bonchev–Trinajstić information content (AvgIpc) is 2.75. The van der Waals surface area contributed by atoms with E-state index in [4.69, 9.17) is 16.3 Å². The third kappa shape index (κ3) is 6.42. The van der Waals surface area contributed by atoms with Gasteiger partial charge in [-0.2, -0.15) is 5.10 Å². The summed E-state index contributed by atoms with van der Waals surface area (Å²) in [5, 5.41) is 6.77. The van der Waals surface area contributed by atoms with E-state index in [9.17, 15) is 14.0 Å². The predicted octanol–water partition coefficient (Wildman–Crippen LogP) is 4.15. The van der Waals surface area contributed by atoms with E-state index in [0.29, 0.717) is 28.6 Å². The van der Waals surface area contributed by atoms with E-state index in [0.717, 1.165) is 5.56 Å². The van der Waals surface area contributed by atoms with Gasteiger partial charge in [0, 0.05) is 10.7 Å². The zero-order valence-electron chi connectivity index (χ0n) is 15.6. The molecule has 0 saturated heterocycles. The van der Waals surface area contributed by atoms with E-state index in [1.54, 1.807) is 36.4 Å². The molecule has 3 aromatic carbocycles. The monoisotopic (exact) mass is 425 g/mol. The maximum Gasteiger partial charge on any atom is 0.329 e. The normalized spacial score (nSPS) is 10.6. The molecule has 0 aromatic heterocycles. The minimum Gasteiger partial charge on any atom is -0.489 e. The molecule has 8 heteroatoms.